The summed E-state index contributed by atoms with van der Waals surface area (Å²) < 4.78 is 27.6. The normalized spacial score (nSPS) is 11.8. The summed E-state index contributed by atoms with van der Waals surface area (Å²) in [6.45, 7) is 1.84. The van der Waals surface area contributed by atoms with E-state index in [1.807, 2.05) is 19.1 Å². The number of fused-ring (bicyclic) bond motifs is 1. The second-order valence-electron chi connectivity index (χ2n) is 4.94. The number of nitrogens with one attached hydrogen (secondary N) is 2. The largest absolute Gasteiger partial charge is 0.361 e. The minimum atomic E-state index is -3.76. The van der Waals surface area contributed by atoms with Gasteiger partial charge in [0.1, 0.15) is 0 Å². The van der Waals surface area contributed by atoms with Gasteiger partial charge in [-0.3, -0.25) is 4.72 Å². The van der Waals surface area contributed by atoms with Crippen LogP contribution >= 0.6 is 23.2 Å². The van der Waals surface area contributed by atoms with Gasteiger partial charge in [-0.25, -0.2) is 8.42 Å². The number of aromatic nitrogens is 1. The van der Waals surface area contributed by atoms with E-state index in [1.165, 1.54) is 18.2 Å². The van der Waals surface area contributed by atoms with Crippen LogP contribution in [0.4, 0.5) is 5.69 Å². The Hall–Kier alpha value is -1.69. The van der Waals surface area contributed by atoms with E-state index in [0.717, 1.165) is 16.5 Å². The Bertz CT molecular complexity index is 945. The molecule has 2 N–H and O–H groups in total. The SMILES string of the molecule is Cc1cc2[nH]ccc2cc1NS(=O)(=O)c1cc(Cl)cc(Cl)c1. The average Bonchev–Trinajstić information content (AvgIpc) is 2.84. The molecule has 2 aromatic carbocycles. The van der Waals surface area contributed by atoms with Gasteiger partial charge in [-0.05, 0) is 48.9 Å². The highest BCUT2D eigenvalue weighted by molar-refractivity contribution is 7.92. The van der Waals surface area contributed by atoms with E-state index in [1.54, 1.807) is 12.3 Å². The van der Waals surface area contributed by atoms with Crippen molar-refractivity contribution < 1.29 is 8.42 Å². The summed E-state index contributed by atoms with van der Waals surface area (Å²) >= 11 is 11.7. The summed E-state index contributed by atoms with van der Waals surface area (Å²) in [6.07, 6.45) is 1.80. The molecule has 0 saturated heterocycles. The number of anilines is 1. The molecular weight excluding hydrogens is 343 g/mol. The van der Waals surface area contributed by atoms with Crippen molar-refractivity contribution in [2.45, 2.75) is 11.8 Å². The van der Waals surface area contributed by atoms with Gasteiger partial charge in [0.25, 0.3) is 10.0 Å². The summed E-state index contributed by atoms with van der Waals surface area (Å²) in [6, 6.07) is 9.75. The van der Waals surface area contributed by atoms with Crippen LogP contribution in [0.25, 0.3) is 10.9 Å². The molecule has 22 heavy (non-hydrogen) atoms. The summed E-state index contributed by atoms with van der Waals surface area (Å²) in [5.74, 6) is 0. The molecule has 4 nitrogen and oxygen atoms in total. The molecular formula is C15H12Cl2N2O2S. The predicted molar refractivity (Wildman–Crippen MR) is 90.3 cm³/mol. The standard InChI is InChI=1S/C15H12Cl2N2O2S/c1-9-4-15-10(2-3-18-15)5-14(9)19-22(20,21)13-7-11(16)6-12(17)8-13/h2-8,18-19H,1H3. The Morgan fingerprint density at radius 2 is 1.73 bits per heavy atom. The van der Waals surface area contributed by atoms with Crippen LogP contribution < -0.4 is 4.72 Å². The Kier molecular flexibility index (Phi) is 3.80. The van der Waals surface area contributed by atoms with Crippen LogP contribution in [0, 0.1) is 6.92 Å². The molecule has 3 aromatic rings. The Balaban J connectivity index is 2.04. The van der Waals surface area contributed by atoms with Crippen LogP contribution in [0.2, 0.25) is 10.0 Å². The third-order valence-electron chi connectivity index (χ3n) is 3.29. The lowest BCUT2D eigenvalue weighted by molar-refractivity contribution is 0.601. The zero-order valence-corrected chi connectivity index (χ0v) is 13.9. The van der Waals surface area contributed by atoms with Crippen LogP contribution in [-0.4, -0.2) is 13.4 Å². The fourth-order valence-electron chi connectivity index (χ4n) is 2.21. The van der Waals surface area contributed by atoms with Gasteiger partial charge in [-0.2, -0.15) is 0 Å². The smallest absolute Gasteiger partial charge is 0.262 e. The maximum atomic E-state index is 12.5. The van der Waals surface area contributed by atoms with Gasteiger partial charge in [0, 0.05) is 27.1 Å². The zero-order valence-electron chi connectivity index (χ0n) is 11.5. The molecule has 1 aromatic heterocycles. The van der Waals surface area contributed by atoms with Crippen LogP contribution in [0.3, 0.4) is 0 Å². The number of hydrogen-bond acceptors (Lipinski definition) is 2. The molecule has 0 fully saturated rings. The van der Waals surface area contributed by atoms with E-state index in [9.17, 15) is 8.42 Å². The highest BCUT2D eigenvalue weighted by atomic mass is 35.5. The number of hydrogen-bond donors (Lipinski definition) is 2. The van der Waals surface area contributed by atoms with Gasteiger partial charge >= 0.3 is 0 Å². The van der Waals surface area contributed by atoms with Crippen molar-refractivity contribution in [2.24, 2.45) is 0 Å². The molecule has 0 spiro atoms. The van der Waals surface area contributed by atoms with Crippen LogP contribution in [0.5, 0.6) is 0 Å². The number of rotatable bonds is 3. The minimum absolute atomic E-state index is 0.0264. The van der Waals surface area contributed by atoms with Gasteiger partial charge in [-0.1, -0.05) is 23.2 Å². The second kappa shape index (κ2) is 5.50. The van der Waals surface area contributed by atoms with Crippen molar-refractivity contribution in [3.63, 3.8) is 0 Å². The third-order valence-corrected chi connectivity index (χ3v) is 5.07. The Morgan fingerprint density at radius 3 is 2.41 bits per heavy atom. The maximum absolute atomic E-state index is 12.5. The van der Waals surface area contributed by atoms with Gasteiger partial charge < -0.3 is 4.98 Å². The molecule has 0 bridgehead atoms. The topological polar surface area (TPSA) is 62.0 Å². The summed E-state index contributed by atoms with van der Waals surface area (Å²) in [4.78, 5) is 3.11. The molecule has 0 aliphatic heterocycles. The van der Waals surface area contributed by atoms with Gasteiger partial charge in [0.15, 0.2) is 0 Å². The quantitative estimate of drug-likeness (QED) is 0.722. The van der Waals surface area contributed by atoms with Crippen LogP contribution in [-0.2, 0) is 10.0 Å². The molecule has 0 aliphatic rings. The lowest BCUT2D eigenvalue weighted by Gasteiger charge is -2.11. The molecule has 0 radical (unpaired) electrons. The number of aryl methyl sites for hydroxylation is 1. The molecule has 3 rings (SSSR count). The lowest BCUT2D eigenvalue weighted by atomic mass is 10.1. The monoisotopic (exact) mass is 354 g/mol. The fourth-order valence-corrected chi connectivity index (χ4v) is 4.05. The van der Waals surface area contributed by atoms with Gasteiger partial charge in [0.05, 0.1) is 10.6 Å². The van der Waals surface area contributed by atoms with Crippen molar-refractivity contribution in [1.82, 2.24) is 4.98 Å². The molecule has 0 amide bonds. The molecule has 1 heterocycles. The number of benzene rings is 2. The first-order valence-corrected chi connectivity index (χ1v) is 8.66. The third kappa shape index (κ3) is 2.92. The highest BCUT2D eigenvalue weighted by Crippen LogP contribution is 2.27. The summed E-state index contributed by atoms with van der Waals surface area (Å²) in [5, 5.41) is 1.46. The summed E-state index contributed by atoms with van der Waals surface area (Å²) in [7, 11) is -3.76. The number of halogens is 2. The number of aromatic amines is 1. The zero-order chi connectivity index (χ0) is 15.9. The van der Waals surface area contributed by atoms with Crippen molar-refractivity contribution in [2.75, 3.05) is 4.72 Å². The van der Waals surface area contributed by atoms with E-state index < -0.39 is 10.0 Å². The Labute approximate surface area is 138 Å². The lowest BCUT2D eigenvalue weighted by Crippen LogP contribution is -2.13. The van der Waals surface area contributed by atoms with E-state index >= 15 is 0 Å². The van der Waals surface area contributed by atoms with E-state index in [0.29, 0.717) is 5.69 Å². The van der Waals surface area contributed by atoms with Crippen molar-refractivity contribution in [3.05, 3.63) is 58.2 Å². The van der Waals surface area contributed by atoms with Crippen LogP contribution in [0.1, 0.15) is 5.56 Å². The highest BCUT2D eigenvalue weighted by Gasteiger charge is 2.17. The van der Waals surface area contributed by atoms with E-state index in [2.05, 4.69) is 9.71 Å². The predicted octanol–water partition coefficient (Wildman–Crippen LogP) is 4.58. The molecule has 7 heteroatoms. The fraction of sp³-hybridized carbons (Fsp3) is 0.0667. The number of sulfonamides is 1. The molecule has 0 atom stereocenters. The minimum Gasteiger partial charge on any atom is -0.361 e. The van der Waals surface area contributed by atoms with Crippen molar-refractivity contribution in [1.29, 1.82) is 0 Å². The number of H-pyrrole nitrogens is 1. The van der Waals surface area contributed by atoms with E-state index in [4.69, 9.17) is 23.2 Å². The van der Waals surface area contributed by atoms with Gasteiger partial charge in [0.2, 0.25) is 0 Å². The molecule has 0 aliphatic carbocycles. The first-order valence-electron chi connectivity index (χ1n) is 6.42. The first kappa shape index (κ1) is 15.2. The second-order valence-corrected chi connectivity index (χ2v) is 7.50. The maximum Gasteiger partial charge on any atom is 0.262 e. The van der Waals surface area contributed by atoms with Crippen LogP contribution in [0.15, 0.2) is 47.5 Å². The average molecular weight is 355 g/mol. The van der Waals surface area contributed by atoms with Crippen molar-refractivity contribution >= 4 is 49.8 Å². The summed E-state index contributed by atoms with van der Waals surface area (Å²) in [5.41, 5.74) is 2.28. The molecule has 114 valence electrons. The van der Waals surface area contributed by atoms with Gasteiger partial charge in [-0.15, -0.1) is 0 Å². The molecule has 0 saturated carbocycles. The molecule has 0 unspecified atom stereocenters. The Morgan fingerprint density at radius 1 is 1.05 bits per heavy atom. The van der Waals surface area contributed by atoms with Crippen molar-refractivity contribution in [3.8, 4) is 0 Å². The van der Waals surface area contributed by atoms with E-state index in [-0.39, 0.29) is 14.9 Å². The first-order chi connectivity index (χ1) is 10.3.